The van der Waals surface area contributed by atoms with Crippen LogP contribution in [0, 0.1) is 0 Å². The average molecular weight is 1040 g/mol. The standard InChI is InChI=1S/C68H128O6/c1-4-7-10-13-16-19-22-25-27-29-31-32-33-34-35-37-38-40-43-46-49-52-55-58-61-67(70)73-64-65(63-72-66(69)60-57-54-51-48-45-42-24-21-18-15-12-9-6-3)74-68(71)62-59-56-53-50-47-44-41-39-36-30-28-26-23-20-17-14-11-8-5-2/h17,20,26,28,65H,4-16,18-19,21-25,27,29-64H2,1-3H3/b20-17-,28-26-. The van der Waals surface area contributed by atoms with E-state index in [0.29, 0.717) is 19.3 Å². The van der Waals surface area contributed by atoms with E-state index in [2.05, 4.69) is 45.1 Å². The molecule has 0 saturated heterocycles. The van der Waals surface area contributed by atoms with Gasteiger partial charge in [0.2, 0.25) is 0 Å². The van der Waals surface area contributed by atoms with E-state index in [1.807, 2.05) is 0 Å². The van der Waals surface area contributed by atoms with Crippen LogP contribution in [0.5, 0.6) is 0 Å². The molecule has 1 unspecified atom stereocenters. The lowest BCUT2D eigenvalue weighted by Gasteiger charge is -2.18. The van der Waals surface area contributed by atoms with Gasteiger partial charge in [0.25, 0.3) is 0 Å². The third-order valence-electron chi connectivity index (χ3n) is 15.2. The maximum Gasteiger partial charge on any atom is 0.306 e. The van der Waals surface area contributed by atoms with Gasteiger partial charge in [0.15, 0.2) is 6.10 Å². The van der Waals surface area contributed by atoms with Gasteiger partial charge in [0.1, 0.15) is 13.2 Å². The molecule has 6 heteroatoms. The zero-order valence-electron chi connectivity index (χ0n) is 50.1. The molecule has 0 rings (SSSR count). The number of hydrogen-bond donors (Lipinski definition) is 0. The highest BCUT2D eigenvalue weighted by Gasteiger charge is 2.19. The largest absolute Gasteiger partial charge is 0.462 e. The first-order chi connectivity index (χ1) is 36.5. The Morgan fingerprint density at radius 3 is 0.770 bits per heavy atom. The predicted molar refractivity (Wildman–Crippen MR) is 321 cm³/mol. The molecule has 0 fully saturated rings. The Bertz CT molecular complexity index is 1190. The summed E-state index contributed by atoms with van der Waals surface area (Å²) in [6, 6.07) is 0. The molecule has 0 bridgehead atoms. The van der Waals surface area contributed by atoms with Crippen LogP contribution in [-0.2, 0) is 28.6 Å². The molecule has 0 aliphatic carbocycles. The van der Waals surface area contributed by atoms with E-state index < -0.39 is 6.10 Å². The van der Waals surface area contributed by atoms with Crippen molar-refractivity contribution in [3.8, 4) is 0 Å². The molecule has 0 radical (unpaired) electrons. The minimum absolute atomic E-state index is 0.0666. The number of ether oxygens (including phenoxy) is 3. The van der Waals surface area contributed by atoms with E-state index in [-0.39, 0.29) is 31.1 Å². The lowest BCUT2D eigenvalue weighted by Crippen LogP contribution is -2.30. The molecule has 6 nitrogen and oxygen atoms in total. The quantitative estimate of drug-likeness (QED) is 0.0261. The van der Waals surface area contributed by atoms with Crippen molar-refractivity contribution in [3.05, 3.63) is 24.3 Å². The second kappa shape index (κ2) is 63.4. The van der Waals surface area contributed by atoms with Gasteiger partial charge in [-0.25, -0.2) is 0 Å². The molecular formula is C68H128O6. The maximum absolute atomic E-state index is 12.9. The third kappa shape index (κ3) is 60.8. The van der Waals surface area contributed by atoms with Crippen molar-refractivity contribution in [1.82, 2.24) is 0 Å². The summed E-state index contributed by atoms with van der Waals surface area (Å²) in [5.74, 6) is -0.842. The summed E-state index contributed by atoms with van der Waals surface area (Å²) in [6.45, 7) is 6.69. The van der Waals surface area contributed by atoms with Crippen LogP contribution >= 0.6 is 0 Å². The molecule has 0 aliphatic heterocycles. The summed E-state index contributed by atoms with van der Waals surface area (Å²) in [5, 5.41) is 0. The average Bonchev–Trinajstić information content (AvgIpc) is 3.40. The Hall–Kier alpha value is -2.11. The van der Waals surface area contributed by atoms with Gasteiger partial charge < -0.3 is 14.2 Å². The number of allylic oxidation sites excluding steroid dienone is 4. The van der Waals surface area contributed by atoms with Gasteiger partial charge in [-0.3, -0.25) is 14.4 Å². The van der Waals surface area contributed by atoms with Crippen LogP contribution in [-0.4, -0.2) is 37.2 Å². The van der Waals surface area contributed by atoms with Crippen LogP contribution in [0.4, 0.5) is 0 Å². The van der Waals surface area contributed by atoms with Crippen molar-refractivity contribution in [3.63, 3.8) is 0 Å². The fraction of sp³-hybridized carbons (Fsp3) is 0.897. The fourth-order valence-electron chi connectivity index (χ4n) is 10.2. The number of unbranched alkanes of at least 4 members (excludes halogenated alkanes) is 47. The van der Waals surface area contributed by atoms with Gasteiger partial charge in [-0.15, -0.1) is 0 Å². The molecule has 0 spiro atoms. The van der Waals surface area contributed by atoms with Crippen LogP contribution < -0.4 is 0 Å². The minimum atomic E-state index is -0.770. The highest BCUT2D eigenvalue weighted by Crippen LogP contribution is 2.18. The second-order valence-electron chi connectivity index (χ2n) is 22.7. The van der Waals surface area contributed by atoms with Crippen LogP contribution in [0.2, 0.25) is 0 Å². The Morgan fingerprint density at radius 2 is 0.486 bits per heavy atom. The Kier molecular flexibility index (Phi) is 61.6. The van der Waals surface area contributed by atoms with Gasteiger partial charge >= 0.3 is 17.9 Å². The van der Waals surface area contributed by atoms with Gasteiger partial charge in [0.05, 0.1) is 0 Å². The van der Waals surface area contributed by atoms with Crippen LogP contribution in [0.1, 0.15) is 374 Å². The number of rotatable bonds is 62. The summed E-state index contributed by atoms with van der Waals surface area (Å²) < 4.78 is 17.0. The fourth-order valence-corrected chi connectivity index (χ4v) is 10.2. The molecule has 0 aromatic rings. The Balaban J connectivity index is 4.23. The van der Waals surface area contributed by atoms with Crippen molar-refractivity contribution in [1.29, 1.82) is 0 Å². The first-order valence-corrected chi connectivity index (χ1v) is 33.3. The molecule has 0 N–H and O–H groups in total. The number of carbonyl (C=O) groups excluding carboxylic acids is 3. The molecule has 74 heavy (non-hydrogen) atoms. The highest BCUT2D eigenvalue weighted by molar-refractivity contribution is 5.71. The smallest absolute Gasteiger partial charge is 0.306 e. The summed E-state index contributed by atoms with van der Waals surface area (Å²) in [5.41, 5.74) is 0. The predicted octanol–water partition coefficient (Wildman–Crippen LogP) is 22.6. The molecule has 0 amide bonds. The minimum Gasteiger partial charge on any atom is -0.462 e. The summed E-state index contributed by atoms with van der Waals surface area (Å²) in [4.78, 5) is 38.3. The monoisotopic (exact) mass is 1040 g/mol. The van der Waals surface area contributed by atoms with E-state index in [1.165, 1.54) is 270 Å². The van der Waals surface area contributed by atoms with Crippen molar-refractivity contribution >= 4 is 17.9 Å². The summed E-state index contributed by atoms with van der Waals surface area (Å²) in [6.07, 6.45) is 76.2. The van der Waals surface area contributed by atoms with E-state index in [1.54, 1.807) is 0 Å². The number of carbonyl (C=O) groups is 3. The Morgan fingerprint density at radius 1 is 0.270 bits per heavy atom. The summed E-state index contributed by atoms with van der Waals surface area (Å²) >= 11 is 0. The van der Waals surface area contributed by atoms with E-state index in [9.17, 15) is 14.4 Å². The molecule has 0 aromatic heterocycles. The molecule has 0 aromatic carbocycles. The van der Waals surface area contributed by atoms with E-state index in [0.717, 1.165) is 64.2 Å². The first kappa shape index (κ1) is 71.9. The Labute approximate surface area is 462 Å². The van der Waals surface area contributed by atoms with Crippen molar-refractivity contribution in [2.45, 2.75) is 380 Å². The molecule has 0 heterocycles. The van der Waals surface area contributed by atoms with E-state index >= 15 is 0 Å². The second-order valence-corrected chi connectivity index (χ2v) is 22.7. The lowest BCUT2D eigenvalue weighted by atomic mass is 10.0. The van der Waals surface area contributed by atoms with Crippen molar-refractivity contribution < 1.29 is 28.6 Å². The first-order valence-electron chi connectivity index (χ1n) is 33.3. The van der Waals surface area contributed by atoms with Crippen LogP contribution in [0.3, 0.4) is 0 Å². The van der Waals surface area contributed by atoms with Crippen molar-refractivity contribution in [2.24, 2.45) is 0 Å². The van der Waals surface area contributed by atoms with Gasteiger partial charge in [-0.05, 0) is 51.4 Å². The highest BCUT2D eigenvalue weighted by atomic mass is 16.6. The number of esters is 3. The molecule has 436 valence electrons. The SMILES string of the molecule is CCCCC/C=C\C/C=C\CCCCCCCCCCCC(=O)OC(COC(=O)CCCCCCCCCCCCCCC)COC(=O)CCCCCCCCCCCCCCCCCCCCCCCCCC. The van der Waals surface area contributed by atoms with Gasteiger partial charge in [-0.1, -0.05) is 328 Å². The zero-order valence-corrected chi connectivity index (χ0v) is 50.1. The molecular weight excluding hydrogens is 913 g/mol. The van der Waals surface area contributed by atoms with Gasteiger partial charge in [0, 0.05) is 19.3 Å². The normalized spacial score (nSPS) is 12.1. The third-order valence-corrected chi connectivity index (χ3v) is 15.2. The van der Waals surface area contributed by atoms with Crippen molar-refractivity contribution in [2.75, 3.05) is 13.2 Å². The van der Waals surface area contributed by atoms with Crippen LogP contribution in [0.15, 0.2) is 24.3 Å². The lowest BCUT2D eigenvalue weighted by molar-refractivity contribution is -0.167. The molecule has 0 saturated carbocycles. The number of hydrogen-bond acceptors (Lipinski definition) is 6. The zero-order chi connectivity index (χ0) is 53.6. The van der Waals surface area contributed by atoms with E-state index in [4.69, 9.17) is 14.2 Å². The molecule has 1 atom stereocenters. The van der Waals surface area contributed by atoms with Crippen LogP contribution in [0.25, 0.3) is 0 Å². The summed E-state index contributed by atoms with van der Waals surface area (Å²) in [7, 11) is 0. The van der Waals surface area contributed by atoms with Gasteiger partial charge in [-0.2, -0.15) is 0 Å². The molecule has 0 aliphatic rings. The maximum atomic E-state index is 12.9. The topological polar surface area (TPSA) is 78.9 Å².